The van der Waals surface area contributed by atoms with Gasteiger partial charge in [0.15, 0.2) is 18.2 Å². The molecule has 0 fully saturated rings. The molecule has 21 heavy (non-hydrogen) atoms. The summed E-state index contributed by atoms with van der Waals surface area (Å²) in [6, 6.07) is 12.6. The van der Waals surface area contributed by atoms with Gasteiger partial charge < -0.3 is 9.15 Å². The number of halogens is 2. The first kappa shape index (κ1) is 13.2. The second kappa shape index (κ2) is 5.70. The molecule has 0 saturated carbocycles. The molecule has 0 spiro atoms. The Morgan fingerprint density at radius 2 is 1.76 bits per heavy atom. The van der Waals surface area contributed by atoms with E-state index in [0.717, 1.165) is 17.7 Å². The van der Waals surface area contributed by atoms with Crippen LogP contribution in [0.25, 0.3) is 11.5 Å². The molecule has 0 bridgehead atoms. The van der Waals surface area contributed by atoms with Gasteiger partial charge in [-0.1, -0.05) is 18.2 Å². The van der Waals surface area contributed by atoms with E-state index in [1.165, 1.54) is 6.07 Å². The molecule has 1 aromatic heterocycles. The van der Waals surface area contributed by atoms with Gasteiger partial charge in [0.25, 0.3) is 5.89 Å². The monoisotopic (exact) mass is 288 g/mol. The van der Waals surface area contributed by atoms with Crippen molar-refractivity contribution in [3.8, 4) is 17.2 Å². The van der Waals surface area contributed by atoms with E-state index in [1.807, 2.05) is 30.3 Å². The summed E-state index contributed by atoms with van der Waals surface area (Å²) < 4.78 is 36.5. The summed E-state index contributed by atoms with van der Waals surface area (Å²) in [6.07, 6.45) is 0. The molecule has 2 aromatic carbocycles. The SMILES string of the molecule is Fc1ccc(OCc2nnc(-c3ccccc3)o2)cc1F. The molecule has 0 amide bonds. The van der Waals surface area contributed by atoms with Crippen molar-refractivity contribution in [2.24, 2.45) is 0 Å². The second-order valence-electron chi connectivity index (χ2n) is 4.23. The normalized spacial score (nSPS) is 10.6. The first-order chi connectivity index (χ1) is 10.2. The minimum absolute atomic E-state index is 0.0229. The lowest BCUT2D eigenvalue weighted by atomic mass is 10.2. The molecule has 4 nitrogen and oxygen atoms in total. The topological polar surface area (TPSA) is 48.2 Å². The van der Waals surface area contributed by atoms with Gasteiger partial charge in [0.1, 0.15) is 5.75 Å². The molecular formula is C15H10F2N2O2. The fourth-order valence-electron chi connectivity index (χ4n) is 1.72. The van der Waals surface area contributed by atoms with Crippen LogP contribution in [0.4, 0.5) is 8.78 Å². The van der Waals surface area contributed by atoms with Crippen molar-refractivity contribution in [3.05, 3.63) is 66.1 Å². The van der Waals surface area contributed by atoms with Crippen LogP contribution >= 0.6 is 0 Å². The minimum atomic E-state index is -0.969. The van der Waals surface area contributed by atoms with E-state index in [1.54, 1.807) is 0 Å². The zero-order valence-electron chi connectivity index (χ0n) is 10.8. The highest BCUT2D eigenvalue weighted by atomic mass is 19.2. The van der Waals surface area contributed by atoms with Crippen LogP contribution in [0.2, 0.25) is 0 Å². The maximum Gasteiger partial charge on any atom is 0.254 e. The molecule has 0 atom stereocenters. The highest BCUT2D eigenvalue weighted by molar-refractivity contribution is 5.51. The van der Waals surface area contributed by atoms with E-state index in [-0.39, 0.29) is 18.2 Å². The van der Waals surface area contributed by atoms with Gasteiger partial charge in [-0.2, -0.15) is 0 Å². The number of aromatic nitrogens is 2. The molecule has 0 aliphatic heterocycles. The van der Waals surface area contributed by atoms with Crippen LogP contribution in [0.1, 0.15) is 5.89 Å². The third-order valence-corrected chi connectivity index (χ3v) is 2.74. The predicted molar refractivity (Wildman–Crippen MR) is 70.4 cm³/mol. The van der Waals surface area contributed by atoms with Crippen LogP contribution in [0, 0.1) is 11.6 Å². The number of hydrogen-bond acceptors (Lipinski definition) is 4. The Morgan fingerprint density at radius 1 is 0.952 bits per heavy atom. The predicted octanol–water partition coefficient (Wildman–Crippen LogP) is 3.59. The quantitative estimate of drug-likeness (QED) is 0.736. The van der Waals surface area contributed by atoms with Gasteiger partial charge in [-0.25, -0.2) is 8.78 Å². The van der Waals surface area contributed by atoms with E-state index in [0.29, 0.717) is 5.89 Å². The fourth-order valence-corrected chi connectivity index (χ4v) is 1.72. The summed E-state index contributed by atoms with van der Waals surface area (Å²) in [4.78, 5) is 0. The molecule has 0 aliphatic rings. The molecule has 0 unspecified atom stereocenters. The van der Waals surface area contributed by atoms with Crippen molar-refractivity contribution in [3.63, 3.8) is 0 Å². The second-order valence-corrected chi connectivity index (χ2v) is 4.23. The zero-order valence-corrected chi connectivity index (χ0v) is 10.8. The molecule has 1 heterocycles. The van der Waals surface area contributed by atoms with Crippen LogP contribution in [0.5, 0.6) is 5.75 Å². The summed E-state index contributed by atoms with van der Waals surface area (Å²) >= 11 is 0. The van der Waals surface area contributed by atoms with Crippen LogP contribution in [0.15, 0.2) is 52.9 Å². The number of ether oxygens (including phenoxy) is 1. The first-order valence-electron chi connectivity index (χ1n) is 6.18. The van der Waals surface area contributed by atoms with Crippen LogP contribution < -0.4 is 4.74 Å². The number of nitrogens with zero attached hydrogens (tertiary/aromatic N) is 2. The number of benzene rings is 2. The molecule has 106 valence electrons. The Kier molecular flexibility index (Phi) is 3.59. The Bertz CT molecular complexity index is 744. The molecule has 0 saturated heterocycles. The third kappa shape index (κ3) is 3.05. The van der Waals surface area contributed by atoms with E-state index in [2.05, 4.69) is 10.2 Å². The van der Waals surface area contributed by atoms with Crippen LogP contribution in [-0.4, -0.2) is 10.2 Å². The molecule has 3 aromatic rings. The number of rotatable bonds is 4. The van der Waals surface area contributed by atoms with Crippen molar-refractivity contribution in [1.29, 1.82) is 0 Å². The van der Waals surface area contributed by atoms with Crippen molar-refractivity contribution in [2.45, 2.75) is 6.61 Å². The van der Waals surface area contributed by atoms with Gasteiger partial charge in [0, 0.05) is 11.6 Å². The van der Waals surface area contributed by atoms with Crippen molar-refractivity contribution in [1.82, 2.24) is 10.2 Å². The van der Waals surface area contributed by atoms with Gasteiger partial charge in [-0.3, -0.25) is 0 Å². The molecule has 3 rings (SSSR count). The third-order valence-electron chi connectivity index (χ3n) is 2.74. The summed E-state index contributed by atoms with van der Waals surface area (Å²) in [5.41, 5.74) is 0.795. The lowest BCUT2D eigenvalue weighted by molar-refractivity contribution is 0.262. The van der Waals surface area contributed by atoms with Gasteiger partial charge in [0.05, 0.1) is 0 Å². The van der Waals surface area contributed by atoms with Gasteiger partial charge >= 0.3 is 0 Å². The Morgan fingerprint density at radius 3 is 2.52 bits per heavy atom. The Labute approximate surface area is 119 Å². The van der Waals surface area contributed by atoms with Crippen molar-refractivity contribution < 1.29 is 17.9 Å². The molecular weight excluding hydrogens is 278 g/mol. The van der Waals surface area contributed by atoms with Crippen molar-refractivity contribution >= 4 is 0 Å². The lowest BCUT2D eigenvalue weighted by Gasteiger charge is -2.03. The summed E-state index contributed by atoms with van der Waals surface area (Å²) in [5.74, 6) is -1.08. The maximum absolute atomic E-state index is 13.0. The maximum atomic E-state index is 13.0. The van der Waals surface area contributed by atoms with Crippen LogP contribution in [0.3, 0.4) is 0 Å². The molecule has 0 radical (unpaired) electrons. The Hall–Kier alpha value is -2.76. The first-order valence-corrected chi connectivity index (χ1v) is 6.18. The Balaban J connectivity index is 1.69. The zero-order chi connectivity index (χ0) is 14.7. The average Bonchev–Trinajstić information content (AvgIpc) is 2.98. The van der Waals surface area contributed by atoms with E-state index < -0.39 is 11.6 Å². The fraction of sp³-hybridized carbons (Fsp3) is 0.0667. The molecule has 0 N–H and O–H groups in total. The lowest BCUT2D eigenvalue weighted by Crippen LogP contribution is -1.96. The highest BCUT2D eigenvalue weighted by Gasteiger charge is 2.09. The highest BCUT2D eigenvalue weighted by Crippen LogP contribution is 2.19. The minimum Gasteiger partial charge on any atom is -0.484 e. The van der Waals surface area contributed by atoms with Gasteiger partial charge in [-0.15, -0.1) is 10.2 Å². The molecule has 0 aliphatic carbocycles. The van der Waals surface area contributed by atoms with E-state index in [4.69, 9.17) is 9.15 Å². The molecule has 6 heteroatoms. The largest absolute Gasteiger partial charge is 0.484 e. The average molecular weight is 288 g/mol. The van der Waals surface area contributed by atoms with E-state index in [9.17, 15) is 8.78 Å². The van der Waals surface area contributed by atoms with E-state index >= 15 is 0 Å². The van der Waals surface area contributed by atoms with Crippen molar-refractivity contribution in [2.75, 3.05) is 0 Å². The van der Waals surface area contributed by atoms with Gasteiger partial charge in [-0.05, 0) is 24.3 Å². The standard InChI is InChI=1S/C15H10F2N2O2/c16-12-7-6-11(8-13(12)17)20-9-14-18-19-15(21-14)10-4-2-1-3-5-10/h1-8H,9H2. The summed E-state index contributed by atoms with van der Waals surface area (Å²) in [5, 5.41) is 7.74. The summed E-state index contributed by atoms with van der Waals surface area (Å²) in [7, 11) is 0. The summed E-state index contributed by atoms with van der Waals surface area (Å²) in [6.45, 7) is -0.0229. The van der Waals surface area contributed by atoms with Crippen LogP contribution in [-0.2, 0) is 6.61 Å². The van der Waals surface area contributed by atoms with Gasteiger partial charge in [0.2, 0.25) is 5.89 Å². The number of hydrogen-bond donors (Lipinski definition) is 0. The smallest absolute Gasteiger partial charge is 0.254 e.